The van der Waals surface area contributed by atoms with Crippen molar-refractivity contribution in [2.75, 3.05) is 20.1 Å². The van der Waals surface area contributed by atoms with Crippen LogP contribution in [-0.2, 0) is 10.2 Å². The van der Waals surface area contributed by atoms with Gasteiger partial charge in [0.2, 0.25) is 5.91 Å². The highest BCUT2D eigenvalue weighted by molar-refractivity contribution is 5.85. The number of nitrogens with zero attached hydrogens (tertiary/aromatic N) is 1. The predicted molar refractivity (Wildman–Crippen MR) is 90.0 cm³/mol. The Morgan fingerprint density at radius 2 is 1.90 bits per heavy atom. The van der Waals surface area contributed by atoms with E-state index in [1.807, 2.05) is 11.9 Å². The van der Waals surface area contributed by atoms with Crippen molar-refractivity contribution in [1.82, 2.24) is 10.2 Å². The second kappa shape index (κ2) is 7.28. The van der Waals surface area contributed by atoms with Crippen molar-refractivity contribution in [3.63, 3.8) is 0 Å². The highest BCUT2D eigenvalue weighted by Gasteiger charge is 2.29. The van der Waals surface area contributed by atoms with E-state index in [1.165, 1.54) is 11.1 Å². The Labute approximate surface area is 134 Å². The molecule has 3 nitrogen and oxygen atoms in total. The van der Waals surface area contributed by atoms with Crippen molar-refractivity contribution in [2.45, 2.75) is 45.1 Å². The molecule has 1 N–H and O–H groups in total. The number of rotatable bonds is 3. The van der Waals surface area contributed by atoms with E-state index in [2.05, 4.69) is 50.4 Å². The number of halogens is 1. The molecule has 1 saturated heterocycles. The Morgan fingerprint density at radius 1 is 1.29 bits per heavy atom. The molecule has 1 fully saturated rings. The maximum Gasteiger partial charge on any atom is 0.237 e. The van der Waals surface area contributed by atoms with Gasteiger partial charge < -0.3 is 10.2 Å². The van der Waals surface area contributed by atoms with Crippen molar-refractivity contribution in [2.24, 2.45) is 0 Å². The molecule has 21 heavy (non-hydrogen) atoms. The lowest BCUT2D eigenvalue weighted by atomic mass is 9.86. The molecule has 1 heterocycles. The molecule has 0 saturated carbocycles. The van der Waals surface area contributed by atoms with Crippen LogP contribution in [0, 0.1) is 0 Å². The third-order valence-electron chi connectivity index (χ3n) is 4.06. The van der Waals surface area contributed by atoms with Crippen molar-refractivity contribution < 1.29 is 4.79 Å². The smallest absolute Gasteiger partial charge is 0.237 e. The maximum atomic E-state index is 12.1. The van der Waals surface area contributed by atoms with Crippen molar-refractivity contribution in [1.29, 1.82) is 0 Å². The van der Waals surface area contributed by atoms with Gasteiger partial charge in [-0.2, -0.15) is 0 Å². The zero-order chi connectivity index (χ0) is 14.8. The van der Waals surface area contributed by atoms with Gasteiger partial charge in [-0.15, -0.1) is 12.4 Å². The normalized spacial score (nSPS) is 18.5. The summed E-state index contributed by atoms with van der Waals surface area (Å²) >= 11 is 0. The van der Waals surface area contributed by atoms with E-state index in [1.54, 1.807) is 0 Å². The van der Waals surface area contributed by atoms with Gasteiger partial charge in [0, 0.05) is 6.54 Å². The Bertz CT molecular complexity index is 465. The molecule has 0 bridgehead atoms. The molecule has 118 valence electrons. The average Bonchev–Trinajstić information content (AvgIpc) is 2.87. The number of hydrogen-bond donors (Lipinski definition) is 1. The number of carbonyl (C=O) groups is 1. The lowest BCUT2D eigenvalue weighted by Gasteiger charge is -2.26. The van der Waals surface area contributed by atoms with Crippen LogP contribution >= 0.6 is 12.4 Å². The van der Waals surface area contributed by atoms with E-state index in [9.17, 15) is 4.79 Å². The van der Waals surface area contributed by atoms with Crippen LogP contribution in [-0.4, -0.2) is 30.9 Å². The van der Waals surface area contributed by atoms with E-state index in [0.717, 1.165) is 19.4 Å². The van der Waals surface area contributed by atoms with E-state index >= 15 is 0 Å². The van der Waals surface area contributed by atoms with Gasteiger partial charge in [0.05, 0.1) is 12.6 Å². The summed E-state index contributed by atoms with van der Waals surface area (Å²) in [5.74, 6) is 0.204. The lowest BCUT2D eigenvalue weighted by Crippen LogP contribution is -2.36. The Hall–Kier alpha value is -1.06. The van der Waals surface area contributed by atoms with Gasteiger partial charge in [-0.05, 0) is 36.4 Å². The molecule has 0 aliphatic carbocycles. The number of nitrogens with one attached hydrogen (secondary N) is 1. The molecule has 0 radical (unpaired) electrons. The summed E-state index contributed by atoms with van der Waals surface area (Å²) in [7, 11) is 1.82. The molecule has 0 aromatic heterocycles. The summed E-state index contributed by atoms with van der Waals surface area (Å²) in [6.07, 6.45) is 2.17. The van der Waals surface area contributed by atoms with Crippen LogP contribution in [0.25, 0.3) is 0 Å². The van der Waals surface area contributed by atoms with Crippen LogP contribution < -0.4 is 5.32 Å². The summed E-state index contributed by atoms with van der Waals surface area (Å²) in [5.41, 5.74) is 2.78. The molecule has 1 aliphatic heterocycles. The average molecular weight is 311 g/mol. The monoisotopic (exact) mass is 310 g/mol. The molecule has 1 unspecified atom stereocenters. The molecule has 4 heteroatoms. The SMILES string of the molecule is CNCC(=O)N1CCCC1c1ccc(C(C)(C)C)cc1.Cl. The molecular formula is C17H27ClN2O. The van der Waals surface area contributed by atoms with Gasteiger partial charge in [0.25, 0.3) is 0 Å². The van der Waals surface area contributed by atoms with Crippen LogP contribution in [0.1, 0.15) is 50.8 Å². The fourth-order valence-electron chi connectivity index (χ4n) is 2.87. The molecule has 1 aliphatic rings. The number of benzene rings is 1. The quantitative estimate of drug-likeness (QED) is 0.929. The standard InChI is InChI=1S/C17H26N2O.ClH/c1-17(2,3)14-9-7-13(8-10-14)15-6-5-11-19(15)16(20)12-18-4;/h7-10,15,18H,5-6,11-12H2,1-4H3;1H. The Balaban J connectivity index is 0.00000220. The molecule has 1 atom stereocenters. The zero-order valence-corrected chi connectivity index (χ0v) is 14.3. The third kappa shape index (κ3) is 4.21. The van der Waals surface area contributed by atoms with Gasteiger partial charge >= 0.3 is 0 Å². The van der Waals surface area contributed by atoms with Gasteiger partial charge in [-0.25, -0.2) is 0 Å². The molecule has 1 aromatic carbocycles. The highest BCUT2D eigenvalue weighted by Crippen LogP contribution is 2.33. The third-order valence-corrected chi connectivity index (χ3v) is 4.06. The second-order valence-electron chi connectivity index (χ2n) is 6.65. The molecule has 1 amide bonds. The first-order valence-corrected chi connectivity index (χ1v) is 7.48. The molecule has 0 spiro atoms. The van der Waals surface area contributed by atoms with Crippen molar-refractivity contribution >= 4 is 18.3 Å². The predicted octanol–water partition coefficient (Wildman–Crippen LogP) is 3.29. The van der Waals surface area contributed by atoms with Crippen molar-refractivity contribution in [3.05, 3.63) is 35.4 Å². The summed E-state index contributed by atoms with van der Waals surface area (Å²) in [6, 6.07) is 9.04. The summed E-state index contributed by atoms with van der Waals surface area (Å²) in [4.78, 5) is 14.1. The first-order valence-electron chi connectivity index (χ1n) is 7.48. The van der Waals surface area contributed by atoms with Crippen LogP contribution in [0.2, 0.25) is 0 Å². The second-order valence-corrected chi connectivity index (χ2v) is 6.65. The summed E-state index contributed by atoms with van der Waals surface area (Å²) < 4.78 is 0. The lowest BCUT2D eigenvalue weighted by molar-refractivity contribution is -0.131. The van der Waals surface area contributed by atoms with Crippen molar-refractivity contribution in [3.8, 4) is 0 Å². The summed E-state index contributed by atoms with van der Waals surface area (Å²) in [6.45, 7) is 7.98. The topological polar surface area (TPSA) is 32.3 Å². The van der Waals surface area contributed by atoms with Gasteiger partial charge in [-0.3, -0.25) is 4.79 Å². The van der Waals surface area contributed by atoms with Crippen LogP contribution in [0.15, 0.2) is 24.3 Å². The minimum Gasteiger partial charge on any atom is -0.335 e. The first kappa shape index (κ1) is 18.0. The van der Waals surface area contributed by atoms with Crippen LogP contribution in [0.3, 0.4) is 0 Å². The zero-order valence-electron chi connectivity index (χ0n) is 13.5. The number of carbonyl (C=O) groups excluding carboxylic acids is 1. The van der Waals surface area contributed by atoms with E-state index in [4.69, 9.17) is 0 Å². The maximum absolute atomic E-state index is 12.1. The number of amides is 1. The minimum absolute atomic E-state index is 0. The Morgan fingerprint density at radius 3 is 2.43 bits per heavy atom. The van der Waals surface area contributed by atoms with E-state index in [0.29, 0.717) is 6.54 Å². The molecular weight excluding hydrogens is 284 g/mol. The van der Waals surface area contributed by atoms with E-state index < -0.39 is 0 Å². The van der Waals surface area contributed by atoms with Gasteiger partial charge in [0.15, 0.2) is 0 Å². The summed E-state index contributed by atoms with van der Waals surface area (Å²) in [5, 5.41) is 2.95. The van der Waals surface area contributed by atoms with Crippen LogP contribution in [0.4, 0.5) is 0 Å². The fraction of sp³-hybridized carbons (Fsp3) is 0.588. The molecule has 2 rings (SSSR count). The Kier molecular flexibility index (Phi) is 6.24. The fourth-order valence-corrected chi connectivity index (χ4v) is 2.87. The van der Waals surface area contributed by atoms with Gasteiger partial charge in [0.1, 0.15) is 0 Å². The number of likely N-dealkylation sites (N-methyl/N-ethyl adjacent to an activating group) is 1. The van der Waals surface area contributed by atoms with Crippen LogP contribution in [0.5, 0.6) is 0 Å². The first-order chi connectivity index (χ1) is 9.43. The minimum atomic E-state index is 0. The van der Waals surface area contributed by atoms with Gasteiger partial charge in [-0.1, -0.05) is 45.0 Å². The molecule has 1 aromatic rings. The highest BCUT2D eigenvalue weighted by atomic mass is 35.5. The number of hydrogen-bond acceptors (Lipinski definition) is 2. The number of likely N-dealkylation sites (tertiary alicyclic amines) is 1. The largest absolute Gasteiger partial charge is 0.335 e. The van der Waals surface area contributed by atoms with E-state index in [-0.39, 0.29) is 29.8 Å².